The maximum Gasteiger partial charge on any atom is 0.350 e. The smallest absolute Gasteiger partial charge is 0.350 e. The molecule has 0 bridgehead atoms. The summed E-state index contributed by atoms with van der Waals surface area (Å²) in [5, 5.41) is 44.4. The molecule has 3 saturated heterocycles. The number of benzene rings is 1. The Morgan fingerprint density at radius 1 is 1.19 bits per heavy atom. The van der Waals surface area contributed by atoms with Gasteiger partial charge < -0.3 is 41.2 Å². The molecule has 3 aliphatic rings. The summed E-state index contributed by atoms with van der Waals surface area (Å²) in [5.74, 6) is -7.20. The fraction of sp³-hybridized carbons (Fsp3) is 0.375. The number of fused-ring (bicyclic) bond motifs is 1. The number of aliphatic carboxylic acids is 2. The van der Waals surface area contributed by atoms with E-state index >= 15 is 0 Å². The Bertz CT molecular complexity index is 1750. The van der Waals surface area contributed by atoms with E-state index in [0.29, 0.717) is 23.3 Å². The molecule has 5 amide bonds. The first kappa shape index (κ1) is 33.3. The zero-order valence-electron chi connectivity index (χ0n) is 24.0. The first-order valence-electron chi connectivity index (χ1n) is 13.2. The van der Waals surface area contributed by atoms with Crippen LogP contribution in [0.5, 0.6) is 11.5 Å². The topological polar surface area (TPSA) is 291 Å². The third-order valence-electron chi connectivity index (χ3n) is 7.23. The molecule has 2 aromatic rings. The molecular weight excluding hydrogens is 690 g/mol. The number of amides is 5. The summed E-state index contributed by atoms with van der Waals surface area (Å²) in [4.78, 5) is 85.6. The lowest BCUT2D eigenvalue weighted by Crippen LogP contribution is -2.68. The highest BCUT2D eigenvalue weighted by Crippen LogP contribution is 2.49. The Morgan fingerprint density at radius 3 is 2.51 bits per heavy atom. The summed E-state index contributed by atoms with van der Waals surface area (Å²) in [5.41, 5.74) is 5.15. The van der Waals surface area contributed by atoms with Crippen molar-refractivity contribution in [3.05, 3.63) is 28.5 Å². The van der Waals surface area contributed by atoms with Gasteiger partial charge in [-0.2, -0.15) is 9.36 Å². The number of hydrazine groups is 1. The largest absolute Gasteiger partial charge is 0.504 e. The molecule has 20 nitrogen and oxygen atoms in total. The SMILES string of the molecule is CC(C)(O/N=C(\C(=O)NC1C(=O)N2C[C@@](C(=O)O)(N3CCN(NC(=O)c4ccc(O)c(O)c4Cl)C3=O)S[C@H]12)c1nsc(N)n1)C(=O)O. The van der Waals surface area contributed by atoms with Gasteiger partial charge in [-0.15, -0.1) is 0 Å². The van der Waals surface area contributed by atoms with Gasteiger partial charge in [0.15, 0.2) is 16.6 Å². The summed E-state index contributed by atoms with van der Waals surface area (Å²) in [7, 11) is 0. The fourth-order valence-corrected chi connectivity index (χ4v) is 6.94. The summed E-state index contributed by atoms with van der Waals surface area (Å²) in [6.07, 6.45) is 0. The molecule has 23 heteroatoms. The Hall–Kier alpha value is -5.09. The van der Waals surface area contributed by atoms with Gasteiger partial charge in [0, 0.05) is 18.1 Å². The average molecular weight is 714 g/mol. The zero-order chi connectivity index (χ0) is 34.6. The van der Waals surface area contributed by atoms with Crippen LogP contribution in [0.1, 0.15) is 30.0 Å². The quantitative estimate of drug-likeness (QED) is 0.0675. The second-order valence-electron chi connectivity index (χ2n) is 10.6. The van der Waals surface area contributed by atoms with Gasteiger partial charge in [0.05, 0.1) is 23.7 Å². The number of anilines is 1. The number of aromatic nitrogens is 2. The van der Waals surface area contributed by atoms with Crippen LogP contribution < -0.4 is 16.5 Å². The Labute approximate surface area is 276 Å². The molecule has 8 N–H and O–H groups in total. The number of aromatic hydroxyl groups is 2. The van der Waals surface area contributed by atoms with Crippen LogP contribution in [0.3, 0.4) is 0 Å². The number of urea groups is 1. The number of nitrogens with one attached hydrogen (secondary N) is 2. The average Bonchev–Trinajstić information content (AvgIpc) is 3.70. The number of carboxylic acids is 2. The van der Waals surface area contributed by atoms with Crippen molar-refractivity contribution >= 4 is 81.4 Å². The molecular formula is C24H24ClN9O11S2. The van der Waals surface area contributed by atoms with Gasteiger partial charge in [-0.25, -0.2) is 19.4 Å². The van der Waals surface area contributed by atoms with Gasteiger partial charge in [0.1, 0.15) is 11.4 Å². The lowest BCUT2D eigenvalue weighted by molar-refractivity contribution is -0.161. The first-order chi connectivity index (χ1) is 22.0. The number of phenols is 2. The Morgan fingerprint density at radius 2 is 1.89 bits per heavy atom. The standard InChI is InChI=1S/C24H24ClN9O11S2/c1-23(2,19(40)41)45-30-11(14-28-21(26)47-31-14)16(38)27-12-17(39)32-7-24(20(42)43,46-18(12)32)33-5-6-34(22(33)44)29-15(37)8-3-4-9(35)13(36)10(8)25/h3-4,12,18,35-36H,5-7H2,1-2H3,(H,27,38)(H,29,37)(H,40,41)(H,42,43)(H2,26,28,31)/b30-11-/t12?,18-,24-/m1/s1. The van der Waals surface area contributed by atoms with Crippen LogP contribution >= 0.6 is 34.9 Å². The van der Waals surface area contributed by atoms with Gasteiger partial charge in [-0.1, -0.05) is 28.5 Å². The van der Waals surface area contributed by atoms with Crippen LogP contribution in [-0.2, 0) is 24.0 Å². The van der Waals surface area contributed by atoms with Crippen LogP contribution in [0.4, 0.5) is 9.93 Å². The molecule has 0 saturated carbocycles. The Balaban J connectivity index is 1.32. The zero-order valence-corrected chi connectivity index (χ0v) is 26.4. The highest BCUT2D eigenvalue weighted by Gasteiger charge is 2.66. The Kier molecular flexibility index (Phi) is 8.45. The molecule has 3 fully saturated rings. The summed E-state index contributed by atoms with van der Waals surface area (Å²) in [6.45, 7) is 1.52. The van der Waals surface area contributed by atoms with Crippen LogP contribution in [0.25, 0.3) is 0 Å². The second-order valence-corrected chi connectivity index (χ2v) is 13.2. The maximum absolute atomic E-state index is 13.4. The molecule has 0 radical (unpaired) electrons. The van der Waals surface area contributed by atoms with Gasteiger partial charge in [0.2, 0.25) is 27.9 Å². The number of nitrogens with zero attached hydrogens (tertiary/aromatic N) is 6. The number of phenolic OH excluding ortho intramolecular Hbond substituents is 2. The van der Waals surface area contributed by atoms with Crippen LogP contribution in [0.2, 0.25) is 5.02 Å². The molecule has 250 valence electrons. The van der Waals surface area contributed by atoms with Crippen molar-refractivity contribution < 1.29 is 54.0 Å². The van der Waals surface area contributed by atoms with Crippen LogP contribution in [-0.4, -0.2) is 128 Å². The van der Waals surface area contributed by atoms with Crippen LogP contribution in [0, 0.1) is 0 Å². The number of thioether (sulfide) groups is 1. The van der Waals surface area contributed by atoms with E-state index in [0.717, 1.165) is 26.9 Å². The molecule has 0 spiro atoms. The minimum atomic E-state index is -2.03. The number of carbonyl (C=O) groups excluding carboxylic acids is 4. The number of nitrogens with two attached hydrogens (primary N) is 1. The number of halogens is 1. The molecule has 1 aromatic carbocycles. The molecule has 1 aromatic heterocycles. The van der Waals surface area contributed by atoms with Gasteiger partial charge in [0.25, 0.3) is 11.8 Å². The number of oxime groups is 1. The normalized spacial score (nSPS) is 22.5. The predicted molar refractivity (Wildman–Crippen MR) is 160 cm³/mol. The number of carbonyl (C=O) groups is 6. The van der Waals surface area contributed by atoms with Crippen molar-refractivity contribution in [2.45, 2.75) is 35.7 Å². The van der Waals surface area contributed by atoms with Gasteiger partial charge in [-0.05, 0) is 26.0 Å². The fourth-order valence-electron chi connectivity index (χ4n) is 4.62. The maximum atomic E-state index is 13.4. The monoisotopic (exact) mass is 713 g/mol. The van der Waals surface area contributed by atoms with Crippen molar-refractivity contribution in [2.24, 2.45) is 5.16 Å². The number of nitrogen functional groups attached to an aromatic ring is 1. The molecule has 47 heavy (non-hydrogen) atoms. The molecule has 3 atom stereocenters. The number of carboxylic acid groups (broad SMARTS) is 2. The van der Waals surface area contributed by atoms with E-state index in [1.807, 2.05) is 0 Å². The van der Waals surface area contributed by atoms with E-state index in [2.05, 4.69) is 25.3 Å². The third-order valence-corrected chi connectivity index (χ3v) is 9.84. The molecule has 4 heterocycles. The predicted octanol–water partition coefficient (Wildman–Crippen LogP) is -0.968. The molecule has 0 aliphatic carbocycles. The van der Waals surface area contributed by atoms with Crippen molar-refractivity contribution in [1.82, 2.24) is 34.9 Å². The van der Waals surface area contributed by atoms with Gasteiger partial charge in [-0.3, -0.25) is 24.7 Å². The number of β-lactam (4-membered cyclic amide) rings is 1. The highest BCUT2D eigenvalue weighted by atomic mass is 35.5. The lowest BCUT2D eigenvalue weighted by Gasteiger charge is -2.41. The van der Waals surface area contributed by atoms with Crippen LogP contribution in [0.15, 0.2) is 17.3 Å². The second kappa shape index (κ2) is 11.9. The van der Waals surface area contributed by atoms with E-state index in [4.69, 9.17) is 22.2 Å². The van der Waals surface area contributed by atoms with Crippen molar-refractivity contribution in [3.63, 3.8) is 0 Å². The molecule has 1 unspecified atom stereocenters. The summed E-state index contributed by atoms with van der Waals surface area (Å²) < 4.78 is 3.88. The van der Waals surface area contributed by atoms with E-state index < -0.39 is 86.4 Å². The summed E-state index contributed by atoms with van der Waals surface area (Å²) in [6, 6.07) is -0.111. The number of hydrogen-bond donors (Lipinski definition) is 7. The van der Waals surface area contributed by atoms with E-state index in [1.54, 1.807) is 0 Å². The lowest BCUT2D eigenvalue weighted by atomic mass is 10.1. The van der Waals surface area contributed by atoms with Crippen molar-refractivity contribution in [2.75, 3.05) is 25.4 Å². The molecule has 3 aliphatic heterocycles. The summed E-state index contributed by atoms with van der Waals surface area (Å²) >= 11 is 7.35. The number of hydrogen-bond acceptors (Lipinski definition) is 15. The van der Waals surface area contributed by atoms with E-state index in [-0.39, 0.29) is 29.6 Å². The highest BCUT2D eigenvalue weighted by molar-refractivity contribution is 8.02. The minimum absolute atomic E-state index is 0.0497. The minimum Gasteiger partial charge on any atom is -0.504 e. The van der Waals surface area contributed by atoms with E-state index in [1.165, 1.54) is 13.8 Å². The molecule has 5 rings (SSSR count). The first-order valence-corrected chi connectivity index (χ1v) is 15.2. The third kappa shape index (κ3) is 5.74. The van der Waals surface area contributed by atoms with Crippen molar-refractivity contribution in [1.29, 1.82) is 0 Å². The van der Waals surface area contributed by atoms with E-state index in [9.17, 15) is 49.2 Å². The van der Waals surface area contributed by atoms with Crippen molar-refractivity contribution in [3.8, 4) is 11.5 Å². The van der Waals surface area contributed by atoms with Gasteiger partial charge >= 0.3 is 18.0 Å². The number of rotatable bonds is 10.